The molecule has 0 aliphatic heterocycles. The Bertz CT molecular complexity index is 351. The van der Waals surface area contributed by atoms with E-state index in [2.05, 4.69) is 0 Å². The van der Waals surface area contributed by atoms with Gasteiger partial charge in [-0.3, -0.25) is 0 Å². The van der Waals surface area contributed by atoms with Gasteiger partial charge in [-0.05, 0) is 39.7 Å². The lowest BCUT2D eigenvalue weighted by Gasteiger charge is -2.25. The summed E-state index contributed by atoms with van der Waals surface area (Å²) < 4.78 is 40.6. The van der Waals surface area contributed by atoms with Crippen LogP contribution in [0.5, 0.6) is 0 Å². The number of alkyl halides is 3. The minimum absolute atomic E-state index is 0.314. The van der Waals surface area contributed by atoms with Crippen LogP contribution in [0.4, 0.5) is 13.2 Å². The monoisotopic (exact) mass is 261 g/mol. The minimum atomic E-state index is -4.25. The zero-order valence-electron chi connectivity index (χ0n) is 11.6. The highest BCUT2D eigenvalue weighted by Gasteiger charge is 2.36. The molecule has 0 atom stereocenters. The highest BCUT2D eigenvalue weighted by molar-refractivity contribution is 5.27. The average Bonchev–Trinajstić information content (AvgIpc) is 2.60. The molecule has 0 aliphatic rings. The van der Waals surface area contributed by atoms with Gasteiger partial charge in [0.15, 0.2) is 0 Å². The van der Waals surface area contributed by atoms with Gasteiger partial charge in [0.2, 0.25) is 0 Å². The Kier molecular flexibility index (Phi) is 4.51. The topological polar surface area (TPSA) is 4.93 Å². The molecule has 0 bridgehead atoms. The molecule has 1 rings (SSSR count). The largest absolute Gasteiger partial charge is 0.418 e. The molecule has 0 saturated heterocycles. The molecule has 18 heavy (non-hydrogen) atoms. The van der Waals surface area contributed by atoms with Gasteiger partial charge < -0.3 is 4.57 Å². The van der Waals surface area contributed by atoms with E-state index in [0.717, 1.165) is 19.3 Å². The third-order valence-corrected chi connectivity index (χ3v) is 3.04. The highest BCUT2D eigenvalue weighted by Crippen LogP contribution is 2.35. The van der Waals surface area contributed by atoms with E-state index >= 15 is 0 Å². The maximum absolute atomic E-state index is 12.9. The first-order valence-corrected chi connectivity index (χ1v) is 6.46. The van der Waals surface area contributed by atoms with Crippen LogP contribution in [0.2, 0.25) is 0 Å². The van der Waals surface area contributed by atoms with Crippen molar-refractivity contribution in [1.82, 2.24) is 4.57 Å². The number of halogens is 3. The summed E-state index contributed by atoms with van der Waals surface area (Å²) in [4.78, 5) is 0. The van der Waals surface area contributed by atoms with E-state index in [1.807, 2.05) is 27.7 Å². The lowest BCUT2D eigenvalue weighted by Crippen LogP contribution is -2.24. The summed E-state index contributed by atoms with van der Waals surface area (Å²) >= 11 is 0. The van der Waals surface area contributed by atoms with E-state index in [4.69, 9.17) is 0 Å². The van der Waals surface area contributed by atoms with Crippen LogP contribution in [-0.4, -0.2) is 4.57 Å². The summed E-state index contributed by atoms with van der Waals surface area (Å²) in [6, 6.07) is 1.20. The average molecular weight is 261 g/mol. The number of nitrogens with zero attached hydrogens (tertiary/aromatic N) is 1. The fourth-order valence-electron chi connectivity index (χ4n) is 2.15. The molecule has 1 heterocycles. The molecule has 1 nitrogen and oxygen atoms in total. The van der Waals surface area contributed by atoms with Crippen LogP contribution in [-0.2, 0) is 18.1 Å². The number of aromatic nitrogens is 1. The molecule has 4 heteroatoms. The second kappa shape index (κ2) is 5.37. The van der Waals surface area contributed by atoms with Crippen LogP contribution in [0.15, 0.2) is 12.3 Å². The van der Waals surface area contributed by atoms with Crippen molar-refractivity contribution in [2.75, 3.05) is 0 Å². The first-order chi connectivity index (χ1) is 8.18. The van der Waals surface area contributed by atoms with Crippen molar-refractivity contribution in [1.29, 1.82) is 0 Å². The van der Waals surface area contributed by atoms with Gasteiger partial charge in [-0.25, -0.2) is 0 Å². The van der Waals surface area contributed by atoms with Crippen molar-refractivity contribution in [2.45, 2.75) is 65.1 Å². The van der Waals surface area contributed by atoms with Crippen molar-refractivity contribution in [3.63, 3.8) is 0 Å². The van der Waals surface area contributed by atoms with Crippen molar-refractivity contribution in [2.24, 2.45) is 0 Å². The van der Waals surface area contributed by atoms with E-state index in [1.165, 1.54) is 6.07 Å². The van der Waals surface area contributed by atoms with Gasteiger partial charge in [0.05, 0.1) is 5.56 Å². The van der Waals surface area contributed by atoms with Gasteiger partial charge in [-0.2, -0.15) is 13.2 Å². The summed E-state index contributed by atoms with van der Waals surface area (Å²) in [5, 5.41) is 0. The van der Waals surface area contributed by atoms with Crippen molar-refractivity contribution >= 4 is 0 Å². The van der Waals surface area contributed by atoms with Gasteiger partial charge in [-0.1, -0.05) is 19.8 Å². The fraction of sp³-hybridized carbons (Fsp3) is 0.714. The molecule has 0 radical (unpaired) electrons. The molecule has 0 spiro atoms. The second-order valence-corrected chi connectivity index (χ2v) is 5.67. The summed E-state index contributed by atoms with van der Waals surface area (Å²) in [7, 11) is 0. The van der Waals surface area contributed by atoms with Crippen molar-refractivity contribution in [3.05, 3.63) is 23.5 Å². The second-order valence-electron chi connectivity index (χ2n) is 5.67. The van der Waals surface area contributed by atoms with Crippen LogP contribution < -0.4 is 0 Å². The van der Waals surface area contributed by atoms with Crippen LogP contribution in [0.3, 0.4) is 0 Å². The molecule has 0 aromatic carbocycles. The molecule has 0 fully saturated rings. The lowest BCUT2D eigenvalue weighted by atomic mass is 10.0. The summed E-state index contributed by atoms with van der Waals surface area (Å²) in [5.74, 6) is 0. The predicted molar refractivity (Wildman–Crippen MR) is 67.7 cm³/mol. The molecule has 0 unspecified atom stereocenters. The molecule has 1 aromatic rings. The van der Waals surface area contributed by atoms with E-state index in [-0.39, 0.29) is 5.54 Å². The third kappa shape index (κ3) is 3.53. The van der Waals surface area contributed by atoms with Gasteiger partial charge in [0, 0.05) is 17.4 Å². The molecule has 0 N–H and O–H groups in total. The van der Waals surface area contributed by atoms with Gasteiger partial charge in [0.1, 0.15) is 0 Å². The third-order valence-electron chi connectivity index (χ3n) is 3.04. The van der Waals surface area contributed by atoms with Crippen molar-refractivity contribution < 1.29 is 13.2 Å². The van der Waals surface area contributed by atoms with Crippen molar-refractivity contribution in [3.8, 4) is 0 Å². The predicted octanol–water partition coefficient (Wildman–Crippen LogP) is 4.99. The van der Waals surface area contributed by atoms with E-state index in [0.29, 0.717) is 12.1 Å². The first kappa shape index (κ1) is 15.1. The maximum atomic E-state index is 12.9. The number of rotatable bonds is 4. The number of hydrogen-bond donors (Lipinski definition) is 0. The Labute approximate surface area is 107 Å². The van der Waals surface area contributed by atoms with Crippen LogP contribution in [0, 0.1) is 0 Å². The van der Waals surface area contributed by atoms with E-state index in [1.54, 1.807) is 10.8 Å². The van der Waals surface area contributed by atoms with E-state index in [9.17, 15) is 13.2 Å². The molecule has 0 amide bonds. The highest BCUT2D eigenvalue weighted by atomic mass is 19.4. The quantitative estimate of drug-likeness (QED) is 0.672. The normalized spacial score (nSPS) is 13.1. The number of hydrogen-bond acceptors (Lipinski definition) is 0. The zero-order valence-corrected chi connectivity index (χ0v) is 11.6. The Balaban J connectivity index is 3.10. The molecule has 0 saturated carbocycles. The Morgan fingerprint density at radius 2 is 1.72 bits per heavy atom. The van der Waals surface area contributed by atoms with Crippen LogP contribution in [0.1, 0.15) is 58.2 Å². The standard InChI is InChI=1S/C14H22F3N/c1-5-6-7-8-12-11(14(15,16)17)9-10-18(12)13(2,3)4/h9-10H,5-8H2,1-4H3. The molecule has 104 valence electrons. The summed E-state index contributed by atoms with van der Waals surface area (Å²) in [5.41, 5.74) is -0.373. The zero-order chi connectivity index (χ0) is 14.0. The molecule has 0 aliphatic carbocycles. The Morgan fingerprint density at radius 3 is 2.17 bits per heavy atom. The summed E-state index contributed by atoms with van der Waals surface area (Å²) in [6.45, 7) is 7.83. The molecule has 1 aromatic heterocycles. The fourth-order valence-corrected chi connectivity index (χ4v) is 2.15. The van der Waals surface area contributed by atoms with Crippen LogP contribution >= 0.6 is 0 Å². The smallest absolute Gasteiger partial charge is 0.346 e. The van der Waals surface area contributed by atoms with E-state index < -0.39 is 11.7 Å². The first-order valence-electron chi connectivity index (χ1n) is 6.46. The SMILES string of the molecule is CCCCCc1c(C(F)(F)F)ccn1C(C)(C)C. The molecular formula is C14H22F3N. The lowest BCUT2D eigenvalue weighted by molar-refractivity contribution is -0.138. The van der Waals surface area contributed by atoms with Crippen LogP contribution in [0.25, 0.3) is 0 Å². The molecular weight excluding hydrogens is 239 g/mol. The van der Waals surface area contributed by atoms with Gasteiger partial charge >= 0.3 is 6.18 Å². The summed E-state index contributed by atoms with van der Waals surface area (Å²) in [6.07, 6.45) is 0.582. The Hall–Kier alpha value is -0.930. The maximum Gasteiger partial charge on any atom is 0.418 e. The number of unbranched alkanes of at least 4 members (excludes halogenated alkanes) is 2. The van der Waals surface area contributed by atoms with Gasteiger partial charge in [-0.15, -0.1) is 0 Å². The minimum Gasteiger partial charge on any atom is -0.346 e. The van der Waals surface area contributed by atoms with Gasteiger partial charge in [0.25, 0.3) is 0 Å². The Morgan fingerprint density at radius 1 is 1.11 bits per heavy atom.